The zero-order valence-electron chi connectivity index (χ0n) is 9.67. The lowest BCUT2D eigenvalue weighted by Crippen LogP contribution is -2.49. The number of rotatable bonds is 2. The molecule has 15 heavy (non-hydrogen) atoms. The van der Waals surface area contributed by atoms with Gasteiger partial charge >= 0.3 is 0 Å². The van der Waals surface area contributed by atoms with Gasteiger partial charge in [0.1, 0.15) is 0 Å². The molecule has 0 aromatic rings. The minimum Gasteiger partial charge on any atom is -0.341 e. The van der Waals surface area contributed by atoms with Crippen LogP contribution in [0.3, 0.4) is 0 Å². The van der Waals surface area contributed by atoms with Crippen LogP contribution in [-0.2, 0) is 4.79 Å². The van der Waals surface area contributed by atoms with Gasteiger partial charge in [0.15, 0.2) is 0 Å². The molecule has 3 nitrogen and oxygen atoms in total. The Balaban J connectivity index is 1.87. The Labute approximate surface area is 92.2 Å². The molecule has 1 saturated carbocycles. The van der Waals surface area contributed by atoms with Crippen LogP contribution in [0.4, 0.5) is 0 Å². The van der Waals surface area contributed by atoms with Crippen LogP contribution in [0.15, 0.2) is 0 Å². The molecule has 0 spiro atoms. The predicted molar refractivity (Wildman–Crippen MR) is 60.7 cm³/mol. The molecular formula is C12H22N2O. The van der Waals surface area contributed by atoms with Crippen LogP contribution in [0.2, 0.25) is 0 Å². The maximum atomic E-state index is 12.1. The molecule has 1 saturated heterocycles. The van der Waals surface area contributed by atoms with Crippen molar-refractivity contribution in [3.05, 3.63) is 0 Å². The molecule has 2 fully saturated rings. The van der Waals surface area contributed by atoms with E-state index in [1.165, 1.54) is 38.5 Å². The zero-order chi connectivity index (χ0) is 10.7. The Morgan fingerprint density at radius 3 is 2.40 bits per heavy atom. The summed E-state index contributed by atoms with van der Waals surface area (Å²) in [4.78, 5) is 14.1. The van der Waals surface area contributed by atoms with E-state index in [0.29, 0.717) is 11.9 Å². The Bertz CT molecular complexity index is 218. The van der Waals surface area contributed by atoms with Gasteiger partial charge in [-0.25, -0.2) is 0 Å². The predicted octanol–water partition coefficient (Wildman–Crippen LogP) is 1.53. The first-order valence-electron chi connectivity index (χ1n) is 6.29. The highest BCUT2D eigenvalue weighted by Gasteiger charge is 2.29. The first-order valence-corrected chi connectivity index (χ1v) is 6.29. The highest BCUT2D eigenvalue weighted by Crippen LogP contribution is 2.23. The summed E-state index contributed by atoms with van der Waals surface area (Å²) in [7, 11) is 1.98. The molecule has 1 atom stereocenters. The van der Waals surface area contributed by atoms with Crippen LogP contribution in [-0.4, -0.2) is 36.5 Å². The second-order valence-electron chi connectivity index (χ2n) is 4.89. The van der Waals surface area contributed by atoms with Crippen molar-refractivity contribution in [2.45, 2.75) is 57.0 Å². The van der Waals surface area contributed by atoms with E-state index in [1.807, 2.05) is 11.9 Å². The van der Waals surface area contributed by atoms with E-state index in [4.69, 9.17) is 0 Å². The molecule has 1 aliphatic heterocycles. The number of carbonyl (C=O) groups is 1. The number of carbonyl (C=O) groups excluding carboxylic acids is 1. The molecule has 0 bridgehead atoms. The largest absolute Gasteiger partial charge is 0.341 e. The van der Waals surface area contributed by atoms with Crippen LogP contribution in [0.25, 0.3) is 0 Å². The van der Waals surface area contributed by atoms with E-state index in [-0.39, 0.29) is 6.04 Å². The number of amides is 1. The number of piperidine rings is 1. The second kappa shape index (κ2) is 4.97. The van der Waals surface area contributed by atoms with Gasteiger partial charge in [-0.3, -0.25) is 4.79 Å². The van der Waals surface area contributed by atoms with Gasteiger partial charge in [-0.05, 0) is 32.2 Å². The summed E-state index contributed by atoms with van der Waals surface area (Å²) in [5.41, 5.74) is 0. The van der Waals surface area contributed by atoms with Gasteiger partial charge in [0.05, 0.1) is 6.04 Å². The molecule has 1 amide bonds. The van der Waals surface area contributed by atoms with Crippen molar-refractivity contribution in [3.8, 4) is 0 Å². The first kappa shape index (κ1) is 10.9. The molecule has 2 aliphatic rings. The van der Waals surface area contributed by atoms with Crippen LogP contribution in [0, 0.1) is 0 Å². The summed E-state index contributed by atoms with van der Waals surface area (Å²) in [5.74, 6) is 0.321. The van der Waals surface area contributed by atoms with E-state index in [0.717, 1.165) is 13.0 Å². The van der Waals surface area contributed by atoms with Gasteiger partial charge in [-0.1, -0.05) is 19.3 Å². The maximum absolute atomic E-state index is 12.1. The monoisotopic (exact) mass is 210 g/mol. The topological polar surface area (TPSA) is 32.3 Å². The van der Waals surface area contributed by atoms with Crippen LogP contribution < -0.4 is 5.32 Å². The highest BCUT2D eigenvalue weighted by molar-refractivity contribution is 5.82. The van der Waals surface area contributed by atoms with Crippen LogP contribution in [0.1, 0.15) is 44.9 Å². The van der Waals surface area contributed by atoms with E-state index in [2.05, 4.69) is 5.32 Å². The molecule has 1 aliphatic carbocycles. The summed E-state index contributed by atoms with van der Waals surface area (Å²) in [6, 6.07) is 0.616. The van der Waals surface area contributed by atoms with Crippen molar-refractivity contribution in [1.29, 1.82) is 0 Å². The van der Waals surface area contributed by atoms with E-state index in [1.54, 1.807) is 0 Å². The molecule has 3 heteroatoms. The van der Waals surface area contributed by atoms with Gasteiger partial charge in [0.25, 0.3) is 0 Å². The normalized spacial score (nSPS) is 27.9. The number of nitrogens with one attached hydrogen (secondary N) is 1. The smallest absolute Gasteiger partial charge is 0.239 e. The zero-order valence-corrected chi connectivity index (χ0v) is 9.67. The average molecular weight is 210 g/mol. The molecule has 86 valence electrons. The number of hydrogen-bond acceptors (Lipinski definition) is 2. The summed E-state index contributed by atoms with van der Waals surface area (Å²) >= 11 is 0. The van der Waals surface area contributed by atoms with E-state index in [9.17, 15) is 4.79 Å². The Morgan fingerprint density at radius 1 is 1.13 bits per heavy atom. The molecule has 0 aromatic carbocycles. The summed E-state index contributed by atoms with van der Waals surface area (Å²) in [6.45, 7) is 1.01. The molecule has 0 unspecified atom stereocenters. The van der Waals surface area contributed by atoms with Crippen LogP contribution in [0.5, 0.6) is 0 Å². The van der Waals surface area contributed by atoms with Crippen molar-refractivity contribution in [2.24, 2.45) is 0 Å². The quantitative estimate of drug-likeness (QED) is 0.749. The fourth-order valence-corrected chi connectivity index (χ4v) is 2.78. The fourth-order valence-electron chi connectivity index (χ4n) is 2.78. The third-order valence-corrected chi connectivity index (χ3v) is 3.83. The molecule has 2 rings (SSSR count). The van der Waals surface area contributed by atoms with Crippen LogP contribution >= 0.6 is 0 Å². The number of nitrogens with zero attached hydrogens (tertiary/aromatic N) is 1. The lowest BCUT2D eigenvalue weighted by Gasteiger charge is -2.31. The third kappa shape index (κ3) is 2.51. The molecule has 0 radical (unpaired) electrons. The van der Waals surface area contributed by atoms with Crippen molar-refractivity contribution >= 4 is 5.91 Å². The Kier molecular flexibility index (Phi) is 3.62. The Hall–Kier alpha value is -0.570. The minimum absolute atomic E-state index is 0.101. The lowest BCUT2D eigenvalue weighted by atomic mass is 10.0. The molecule has 1 heterocycles. The number of likely N-dealkylation sites (N-methyl/N-ethyl adjacent to an activating group) is 1. The van der Waals surface area contributed by atoms with Gasteiger partial charge < -0.3 is 10.2 Å². The third-order valence-electron chi connectivity index (χ3n) is 3.83. The highest BCUT2D eigenvalue weighted by atomic mass is 16.2. The standard InChI is InChI=1S/C12H22N2O/c1-14(10-6-2-3-7-10)12(15)11-8-4-5-9-13-11/h10-11,13H,2-9H2,1H3/t11-/m0/s1. The number of hydrogen-bond donors (Lipinski definition) is 1. The second-order valence-corrected chi connectivity index (χ2v) is 4.89. The van der Waals surface area contributed by atoms with Gasteiger partial charge in [-0.2, -0.15) is 0 Å². The molecular weight excluding hydrogens is 188 g/mol. The van der Waals surface area contributed by atoms with Gasteiger partial charge in [0, 0.05) is 13.1 Å². The molecule has 1 N–H and O–H groups in total. The maximum Gasteiger partial charge on any atom is 0.239 e. The SMILES string of the molecule is CN(C(=O)[C@@H]1CCCCN1)C1CCCC1. The van der Waals surface area contributed by atoms with Gasteiger partial charge in [0.2, 0.25) is 5.91 Å². The summed E-state index contributed by atoms with van der Waals surface area (Å²) in [6.07, 6.45) is 8.43. The van der Waals surface area contributed by atoms with Crippen molar-refractivity contribution < 1.29 is 4.79 Å². The minimum atomic E-state index is 0.101. The summed E-state index contributed by atoms with van der Waals surface area (Å²) in [5, 5.41) is 3.33. The van der Waals surface area contributed by atoms with E-state index >= 15 is 0 Å². The Morgan fingerprint density at radius 2 is 1.80 bits per heavy atom. The van der Waals surface area contributed by atoms with Crippen molar-refractivity contribution in [2.75, 3.05) is 13.6 Å². The molecule has 0 aromatic heterocycles. The first-order chi connectivity index (χ1) is 7.29. The average Bonchev–Trinajstić information content (AvgIpc) is 2.82. The summed E-state index contributed by atoms with van der Waals surface area (Å²) < 4.78 is 0. The van der Waals surface area contributed by atoms with Gasteiger partial charge in [-0.15, -0.1) is 0 Å². The van der Waals surface area contributed by atoms with Crippen molar-refractivity contribution in [3.63, 3.8) is 0 Å². The van der Waals surface area contributed by atoms with Crippen molar-refractivity contribution in [1.82, 2.24) is 10.2 Å². The van der Waals surface area contributed by atoms with E-state index < -0.39 is 0 Å². The lowest BCUT2D eigenvalue weighted by molar-refractivity contribution is -0.134. The fraction of sp³-hybridized carbons (Fsp3) is 0.917.